The number of nitrogen functional groups attached to an aromatic ring is 1. The minimum Gasteiger partial charge on any atom is -0.478 e. The third-order valence-corrected chi connectivity index (χ3v) is 3.98. The third-order valence-electron chi connectivity index (χ3n) is 3.98. The minimum absolute atomic E-state index is 0.0350. The van der Waals surface area contributed by atoms with Crippen LogP contribution in [0.4, 0.5) is 11.4 Å². The molecule has 1 aliphatic rings. The Balaban J connectivity index is 2.33. The first kappa shape index (κ1) is 14.7. The number of aliphatic hydroxyl groups is 1. The quantitative estimate of drug-likeness (QED) is 0.718. The van der Waals surface area contributed by atoms with E-state index in [9.17, 15) is 9.90 Å². The zero-order chi connectivity index (χ0) is 14.5. The van der Waals surface area contributed by atoms with Gasteiger partial charge in [-0.05, 0) is 25.0 Å². The van der Waals surface area contributed by atoms with Crippen LogP contribution in [0.3, 0.4) is 0 Å². The second kappa shape index (κ2) is 6.61. The molecule has 0 radical (unpaired) electrons. The molecule has 0 atom stereocenters. The van der Waals surface area contributed by atoms with Crippen molar-refractivity contribution in [3.05, 3.63) is 23.8 Å². The minimum atomic E-state index is -1.02. The summed E-state index contributed by atoms with van der Waals surface area (Å²) in [7, 11) is 0. The third kappa shape index (κ3) is 3.04. The predicted molar refractivity (Wildman–Crippen MR) is 79.1 cm³/mol. The zero-order valence-electron chi connectivity index (χ0n) is 11.6. The van der Waals surface area contributed by atoms with Crippen LogP contribution in [0.1, 0.15) is 42.5 Å². The number of hydrogen-bond acceptors (Lipinski definition) is 4. The van der Waals surface area contributed by atoms with Crippen LogP contribution in [-0.4, -0.2) is 35.4 Å². The molecule has 0 spiro atoms. The van der Waals surface area contributed by atoms with Crippen molar-refractivity contribution in [2.45, 2.75) is 38.1 Å². The molecule has 20 heavy (non-hydrogen) atoms. The van der Waals surface area contributed by atoms with E-state index in [4.69, 9.17) is 10.8 Å². The summed E-state index contributed by atoms with van der Waals surface area (Å²) in [6.45, 7) is 0.519. The number of aromatic carboxylic acids is 1. The molecule has 5 heteroatoms. The SMILES string of the molecule is Nc1c(C(=O)O)cccc1N(CCO)C1CCCCC1. The molecule has 0 bridgehead atoms. The molecule has 110 valence electrons. The monoisotopic (exact) mass is 278 g/mol. The van der Waals surface area contributed by atoms with Crippen molar-refractivity contribution >= 4 is 17.3 Å². The van der Waals surface area contributed by atoms with Gasteiger partial charge in [0.25, 0.3) is 0 Å². The van der Waals surface area contributed by atoms with Gasteiger partial charge in [0, 0.05) is 12.6 Å². The molecule has 1 aliphatic carbocycles. The molecule has 1 aromatic carbocycles. The number of rotatable bonds is 5. The average molecular weight is 278 g/mol. The summed E-state index contributed by atoms with van der Waals surface area (Å²) in [5, 5.41) is 18.5. The molecule has 1 fully saturated rings. The normalized spacial score (nSPS) is 16.1. The Morgan fingerprint density at radius 1 is 1.30 bits per heavy atom. The summed E-state index contributed by atoms with van der Waals surface area (Å²) in [6, 6.07) is 5.40. The summed E-state index contributed by atoms with van der Waals surface area (Å²) in [5.41, 5.74) is 7.16. The first-order valence-electron chi connectivity index (χ1n) is 7.14. The van der Waals surface area contributed by atoms with Crippen molar-refractivity contribution in [1.82, 2.24) is 0 Å². The largest absolute Gasteiger partial charge is 0.478 e. The van der Waals surface area contributed by atoms with E-state index in [1.165, 1.54) is 25.3 Å². The smallest absolute Gasteiger partial charge is 0.337 e. The molecule has 1 saturated carbocycles. The standard InChI is InChI=1S/C15H22N2O3/c16-14-12(15(19)20)7-4-8-13(14)17(9-10-18)11-5-2-1-3-6-11/h4,7-8,11,18H,1-3,5-6,9-10,16H2,(H,19,20). The molecular formula is C15H22N2O3. The van der Waals surface area contributed by atoms with Gasteiger partial charge in [0.05, 0.1) is 23.5 Å². The van der Waals surface area contributed by atoms with E-state index in [2.05, 4.69) is 4.90 Å². The molecule has 0 aliphatic heterocycles. The number of anilines is 2. The lowest BCUT2D eigenvalue weighted by Crippen LogP contribution is -2.39. The van der Waals surface area contributed by atoms with Gasteiger partial charge in [0.1, 0.15) is 0 Å². The molecule has 1 aromatic rings. The van der Waals surface area contributed by atoms with Crippen LogP contribution in [0.5, 0.6) is 0 Å². The Bertz CT molecular complexity index is 470. The van der Waals surface area contributed by atoms with Crippen molar-refractivity contribution in [3.8, 4) is 0 Å². The van der Waals surface area contributed by atoms with Gasteiger partial charge in [-0.3, -0.25) is 0 Å². The van der Waals surface area contributed by atoms with Crippen LogP contribution in [0.25, 0.3) is 0 Å². The van der Waals surface area contributed by atoms with Crippen LogP contribution < -0.4 is 10.6 Å². The summed E-state index contributed by atoms with van der Waals surface area (Å²) >= 11 is 0. The maximum atomic E-state index is 11.2. The van der Waals surface area contributed by atoms with E-state index in [0.717, 1.165) is 18.5 Å². The lowest BCUT2D eigenvalue weighted by Gasteiger charge is -2.36. The molecule has 5 nitrogen and oxygen atoms in total. The maximum absolute atomic E-state index is 11.2. The summed E-state index contributed by atoms with van der Waals surface area (Å²) < 4.78 is 0. The van der Waals surface area contributed by atoms with E-state index in [1.54, 1.807) is 6.07 Å². The van der Waals surface area contributed by atoms with E-state index >= 15 is 0 Å². The van der Waals surface area contributed by atoms with Gasteiger partial charge in [-0.2, -0.15) is 0 Å². The van der Waals surface area contributed by atoms with Gasteiger partial charge in [-0.15, -0.1) is 0 Å². The second-order valence-corrected chi connectivity index (χ2v) is 5.25. The van der Waals surface area contributed by atoms with E-state index in [1.807, 2.05) is 6.07 Å². The highest BCUT2D eigenvalue weighted by Gasteiger charge is 2.24. The summed E-state index contributed by atoms with van der Waals surface area (Å²) in [6.07, 6.45) is 5.72. The summed E-state index contributed by atoms with van der Waals surface area (Å²) in [4.78, 5) is 13.3. The number of hydrogen-bond donors (Lipinski definition) is 3. The molecule has 0 unspecified atom stereocenters. The number of carbonyl (C=O) groups is 1. The van der Waals surface area contributed by atoms with Gasteiger partial charge in [0.15, 0.2) is 0 Å². The van der Waals surface area contributed by atoms with Gasteiger partial charge in [-0.25, -0.2) is 4.79 Å². The molecule has 4 N–H and O–H groups in total. The Morgan fingerprint density at radius 2 is 2.00 bits per heavy atom. The second-order valence-electron chi connectivity index (χ2n) is 5.25. The highest BCUT2D eigenvalue weighted by molar-refractivity contribution is 5.97. The highest BCUT2D eigenvalue weighted by atomic mass is 16.4. The number of nitrogens with zero attached hydrogens (tertiary/aromatic N) is 1. The Hall–Kier alpha value is -1.75. The topological polar surface area (TPSA) is 86.8 Å². The van der Waals surface area contributed by atoms with Crippen LogP contribution in [0, 0.1) is 0 Å². The molecular weight excluding hydrogens is 256 g/mol. The molecule has 0 amide bonds. The van der Waals surface area contributed by atoms with Crippen LogP contribution in [-0.2, 0) is 0 Å². The van der Waals surface area contributed by atoms with Crippen LogP contribution >= 0.6 is 0 Å². The first-order chi connectivity index (χ1) is 9.65. The summed E-state index contributed by atoms with van der Waals surface area (Å²) in [5.74, 6) is -1.02. The molecule has 2 rings (SSSR count). The Morgan fingerprint density at radius 3 is 2.60 bits per heavy atom. The van der Waals surface area contributed by atoms with E-state index < -0.39 is 5.97 Å². The molecule has 0 aromatic heterocycles. The molecule has 0 saturated heterocycles. The molecule has 0 heterocycles. The Labute approximate surface area is 119 Å². The van der Waals surface area contributed by atoms with Gasteiger partial charge in [-0.1, -0.05) is 25.3 Å². The van der Waals surface area contributed by atoms with Gasteiger partial charge >= 0.3 is 5.97 Å². The number of para-hydroxylation sites is 1. The van der Waals surface area contributed by atoms with E-state index in [-0.39, 0.29) is 12.2 Å². The van der Waals surface area contributed by atoms with Gasteiger partial charge in [0.2, 0.25) is 0 Å². The number of benzene rings is 1. The predicted octanol–water partition coefficient (Wildman–Crippen LogP) is 2.10. The number of aliphatic hydroxyl groups excluding tert-OH is 1. The van der Waals surface area contributed by atoms with Gasteiger partial charge < -0.3 is 20.8 Å². The Kier molecular flexibility index (Phi) is 4.84. The van der Waals surface area contributed by atoms with Crippen LogP contribution in [0.2, 0.25) is 0 Å². The van der Waals surface area contributed by atoms with Crippen molar-refractivity contribution in [2.24, 2.45) is 0 Å². The maximum Gasteiger partial charge on any atom is 0.337 e. The zero-order valence-corrected chi connectivity index (χ0v) is 11.6. The fourth-order valence-electron chi connectivity index (χ4n) is 2.99. The average Bonchev–Trinajstić information content (AvgIpc) is 2.46. The lowest BCUT2D eigenvalue weighted by atomic mass is 9.93. The fraction of sp³-hybridized carbons (Fsp3) is 0.533. The van der Waals surface area contributed by atoms with Crippen molar-refractivity contribution < 1.29 is 15.0 Å². The first-order valence-corrected chi connectivity index (χ1v) is 7.14. The van der Waals surface area contributed by atoms with Crippen molar-refractivity contribution in [2.75, 3.05) is 23.8 Å². The number of carboxylic acids is 1. The highest BCUT2D eigenvalue weighted by Crippen LogP contribution is 2.32. The van der Waals surface area contributed by atoms with Crippen molar-refractivity contribution in [3.63, 3.8) is 0 Å². The van der Waals surface area contributed by atoms with Crippen LogP contribution in [0.15, 0.2) is 18.2 Å². The van der Waals surface area contributed by atoms with E-state index in [0.29, 0.717) is 18.3 Å². The van der Waals surface area contributed by atoms with Crippen molar-refractivity contribution in [1.29, 1.82) is 0 Å². The number of nitrogens with two attached hydrogens (primary N) is 1. The number of carboxylic acid groups (broad SMARTS) is 1. The lowest BCUT2D eigenvalue weighted by molar-refractivity contribution is 0.0698. The fourth-order valence-corrected chi connectivity index (χ4v) is 2.99.